The maximum absolute atomic E-state index is 13.2. The smallest absolute Gasteiger partial charge is 0.243 e. The van der Waals surface area contributed by atoms with E-state index in [0.717, 1.165) is 68.1 Å². The van der Waals surface area contributed by atoms with Crippen LogP contribution in [0.1, 0.15) is 29.5 Å². The molecule has 3 heterocycles. The van der Waals surface area contributed by atoms with E-state index in [4.69, 9.17) is 14.2 Å². The van der Waals surface area contributed by atoms with Gasteiger partial charge in [-0.05, 0) is 72.2 Å². The van der Waals surface area contributed by atoms with Gasteiger partial charge in [-0.1, -0.05) is 0 Å². The van der Waals surface area contributed by atoms with Gasteiger partial charge in [0.05, 0.1) is 25.7 Å². The molecule has 3 aliphatic heterocycles. The largest absolute Gasteiger partial charge is 0.493 e. The molecular weight excluding hydrogens is 440 g/mol. The molecule has 8 heteroatoms. The van der Waals surface area contributed by atoms with Crippen LogP contribution in [0.5, 0.6) is 17.2 Å². The fraction of sp³-hybridized carbons (Fsp3) is 0.520. The zero-order valence-electron chi connectivity index (χ0n) is 19.4. The standard InChI is InChI=1S/C25H32N2O5S/c1-30-24-14-19-7-9-26(17-21(19)15-25(24)31-2)16-18-5-10-27(11-6-18)33(28,29)22-3-4-23-20(13-22)8-12-32-23/h3-4,13-15,18H,5-12,16-17H2,1-2H3. The Morgan fingerprint density at radius 2 is 1.67 bits per heavy atom. The van der Waals surface area contributed by atoms with Gasteiger partial charge in [-0.15, -0.1) is 0 Å². The molecule has 5 rings (SSSR count). The van der Waals surface area contributed by atoms with Crippen LogP contribution in [-0.4, -0.2) is 64.6 Å². The number of sulfonamides is 1. The predicted molar refractivity (Wildman–Crippen MR) is 126 cm³/mol. The molecule has 0 atom stereocenters. The summed E-state index contributed by atoms with van der Waals surface area (Å²) in [5.74, 6) is 2.88. The van der Waals surface area contributed by atoms with Gasteiger partial charge in [0, 0.05) is 39.1 Å². The molecule has 0 saturated carbocycles. The highest BCUT2D eigenvalue weighted by molar-refractivity contribution is 7.89. The fourth-order valence-electron chi connectivity index (χ4n) is 5.27. The molecule has 0 aromatic heterocycles. The molecule has 1 saturated heterocycles. The number of fused-ring (bicyclic) bond motifs is 2. The molecule has 178 valence electrons. The van der Waals surface area contributed by atoms with E-state index in [-0.39, 0.29) is 0 Å². The number of hydrogen-bond donors (Lipinski definition) is 0. The molecule has 0 radical (unpaired) electrons. The van der Waals surface area contributed by atoms with E-state index in [9.17, 15) is 8.42 Å². The maximum atomic E-state index is 13.2. The number of rotatable bonds is 6. The van der Waals surface area contributed by atoms with Crippen molar-refractivity contribution >= 4 is 10.0 Å². The highest BCUT2D eigenvalue weighted by Crippen LogP contribution is 2.34. The van der Waals surface area contributed by atoms with Gasteiger partial charge in [-0.3, -0.25) is 4.90 Å². The van der Waals surface area contributed by atoms with Crippen LogP contribution in [0.15, 0.2) is 35.2 Å². The molecule has 33 heavy (non-hydrogen) atoms. The first-order chi connectivity index (χ1) is 16.0. The maximum Gasteiger partial charge on any atom is 0.243 e. The highest BCUT2D eigenvalue weighted by Gasteiger charge is 2.31. The third-order valence-corrected chi connectivity index (χ3v) is 9.08. The number of hydrogen-bond acceptors (Lipinski definition) is 6. The molecule has 0 amide bonds. The molecule has 0 spiro atoms. The van der Waals surface area contributed by atoms with E-state index in [1.165, 1.54) is 11.1 Å². The van der Waals surface area contributed by atoms with Crippen molar-refractivity contribution in [2.75, 3.05) is 47.0 Å². The van der Waals surface area contributed by atoms with Crippen LogP contribution in [0.25, 0.3) is 0 Å². The van der Waals surface area contributed by atoms with Gasteiger partial charge in [0.2, 0.25) is 10.0 Å². The fourth-order valence-corrected chi connectivity index (χ4v) is 6.79. The van der Waals surface area contributed by atoms with Crippen LogP contribution in [0.3, 0.4) is 0 Å². The van der Waals surface area contributed by atoms with Crippen molar-refractivity contribution in [1.82, 2.24) is 9.21 Å². The molecule has 2 aromatic carbocycles. The minimum Gasteiger partial charge on any atom is -0.493 e. The molecule has 1 fully saturated rings. The van der Waals surface area contributed by atoms with Crippen LogP contribution in [0.4, 0.5) is 0 Å². The summed E-state index contributed by atoms with van der Waals surface area (Å²) in [5.41, 5.74) is 3.61. The zero-order valence-corrected chi connectivity index (χ0v) is 20.2. The van der Waals surface area contributed by atoms with Crippen molar-refractivity contribution in [2.24, 2.45) is 5.92 Å². The van der Waals surface area contributed by atoms with Gasteiger partial charge in [0.25, 0.3) is 0 Å². The first-order valence-corrected chi connectivity index (χ1v) is 13.1. The summed E-state index contributed by atoms with van der Waals surface area (Å²) in [5, 5.41) is 0. The van der Waals surface area contributed by atoms with Gasteiger partial charge in [0.15, 0.2) is 11.5 Å². The average Bonchev–Trinajstić information content (AvgIpc) is 3.31. The van der Waals surface area contributed by atoms with E-state index in [1.807, 2.05) is 0 Å². The summed E-state index contributed by atoms with van der Waals surface area (Å²) in [6.45, 7) is 4.69. The normalized spacial score (nSPS) is 19.6. The summed E-state index contributed by atoms with van der Waals surface area (Å²) < 4.78 is 44.5. The molecule has 0 bridgehead atoms. The van der Waals surface area contributed by atoms with E-state index >= 15 is 0 Å². The second-order valence-corrected chi connectivity index (χ2v) is 11.1. The molecular formula is C25H32N2O5S. The Bertz CT molecular complexity index is 1130. The van der Waals surface area contributed by atoms with E-state index in [2.05, 4.69) is 17.0 Å². The lowest BCUT2D eigenvalue weighted by Gasteiger charge is -2.36. The quantitative estimate of drug-likeness (QED) is 0.644. The summed E-state index contributed by atoms with van der Waals surface area (Å²) in [4.78, 5) is 2.88. The van der Waals surface area contributed by atoms with Crippen LogP contribution in [0.2, 0.25) is 0 Å². The third kappa shape index (κ3) is 4.44. The Hall–Kier alpha value is -2.29. The van der Waals surface area contributed by atoms with Crippen molar-refractivity contribution in [1.29, 1.82) is 0 Å². The van der Waals surface area contributed by atoms with Gasteiger partial charge in [-0.25, -0.2) is 8.42 Å². The van der Waals surface area contributed by atoms with Crippen LogP contribution >= 0.6 is 0 Å². The van der Waals surface area contributed by atoms with Crippen molar-refractivity contribution in [2.45, 2.75) is 37.1 Å². The molecule has 0 N–H and O–H groups in total. The van der Waals surface area contributed by atoms with Gasteiger partial charge in [-0.2, -0.15) is 4.31 Å². The summed E-state index contributed by atoms with van der Waals surface area (Å²) in [7, 11) is -0.115. The topological polar surface area (TPSA) is 68.3 Å². The number of methoxy groups -OCH3 is 2. The lowest BCUT2D eigenvalue weighted by atomic mass is 9.94. The van der Waals surface area contributed by atoms with E-state index in [0.29, 0.717) is 30.5 Å². The second-order valence-electron chi connectivity index (χ2n) is 9.18. The lowest BCUT2D eigenvalue weighted by molar-refractivity contribution is 0.171. The molecule has 2 aromatic rings. The van der Waals surface area contributed by atoms with Crippen molar-refractivity contribution in [3.05, 3.63) is 47.0 Å². The molecule has 3 aliphatic rings. The van der Waals surface area contributed by atoms with E-state index < -0.39 is 10.0 Å². The number of piperidine rings is 1. The highest BCUT2D eigenvalue weighted by atomic mass is 32.2. The first-order valence-electron chi connectivity index (χ1n) is 11.7. The molecule has 0 aliphatic carbocycles. The lowest BCUT2D eigenvalue weighted by Crippen LogP contribution is -2.42. The van der Waals surface area contributed by atoms with Crippen LogP contribution in [-0.2, 0) is 29.4 Å². The number of benzene rings is 2. The second kappa shape index (κ2) is 9.16. The Morgan fingerprint density at radius 3 is 2.39 bits per heavy atom. The minimum atomic E-state index is -3.46. The Balaban J connectivity index is 1.19. The third-order valence-electron chi connectivity index (χ3n) is 7.19. The Labute approximate surface area is 196 Å². The van der Waals surface area contributed by atoms with Gasteiger partial charge in [0.1, 0.15) is 5.75 Å². The predicted octanol–water partition coefficient (Wildman–Crippen LogP) is 3.10. The number of ether oxygens (including phenoxy) is 3. The SMILES string of the molecule is COc1cc2c(cc1OC)CN(CC1CCN(S(=O)(=O)c3ccc4c(c3)CCO4)CC1)CC2. The summed E-state index contributed by atoms with van der Waals surface area (Å²) in [6.07, 6.45) is 3.55. The van der Waals surface area contributed by atoms with Crippen LogP contribution in [0, 0.1) is 5.92 Å². The Morgan fingerprint density at radius 1 is 0.939 bits per heavy atom. The minimum absolute atomic E-state index is 0.391. The molecule has 0 unspecified atom stereocenters. The van der Waals surface area contributed by atoms with Crippen molar-refractivity contribution in [3.63, 3.8) is 0 Å². The van der Waals surface area contributed by atoms with Crippen molar-refractivity contribution < 1.29 is 22.6 Å². The monoisotopic (exact) mass is 472 g/mol. The molecule has 7 nitrogen and oxygen atoms in total. The van der Waals surface area contributed by atoms with Gasteiger partial charge < -0.3 is 14.2 Å². The van der Waals surface area contributed by atoms with Crippen LogP contribution < -0.4 is 14.2 Å². The summed E-state index contributed by atoms with van der Waals surface area (Å²) >= 11 is 0. The number of nitrogens with zero attached hydrogens (tertiary/aromatic N) is 2. The summed E-state index contributed by atoms with van der Waals surface area (Å²) in [6, 6.07) is 9.45. The van der Waals surface area contributed by atoms with E-state index in [1.54, 1.807) is 36.7 Å². The zero-order chi connectivity index (χ0) is 23.0. The Kier molecular flexibility index (Phi) is 6.24. The first kappa shape index (κ1) is 22.5. The average molecular weight is 473 g/mol. The van der Waals surface area contributed by atoms with Crippen molar-refractivity contribution in [3.8, 4) is 17.2 Å². The van der Waals surface area contributed by atoms with Gasteiger partial charge >= 0.3 is 0 Å².